The number of piperazine rings is 1. The first-order chi connectivity index (χ1) is 18.0. The van der Waals surface area contributed by atoms with Crippen LogP contribution in [-0.4, -0.2) is 80.1 Å². The molecule has 2 atom stereocenters. The Kier molecular flexibility index (Phi) is 8.25. The van der Waals surface area contributed by atoms with Crippen LogP contribution >= 0.6 is 12.2 Å². The van der Waals surface area contributed by atoms with E-state index in [0.717, 1.165) is 24.8 Å². The van der Waals surface area contributed by atoms with Gasteiger partial charge in [0.2, 0.25) is 20.0 Å². The van der Waals surface area contributed by atoms with Gasteiger partial charge in [0, 0.05) is 43.5 Å². The van der Waals surface area contributed by atoms with E-state index in [2.05, 4.69) is 5.32 Å². The van der Waals surface area contributed by atoms with Gasteiger partial charge in [-0.2, -0.15) is 21.8 Å². The van der Waals surface area contributed by atoms with E-state index in [9.17, 15) is 35.1 Å². The lowest BCUT2D eigenvalue weighted by Gasteiger charge is -2.48. The van der Waals surface area contributed by atoms with Crippen LogP contribution in [0.5, 0.6) is 0 Å². The van der Waals surface area contributed by atoms with Gasteiger partial charge in [-0.15, -0.1) is 0 Å². The zero-order valence-electron chi connectivity index (χ0n) is 21.6. The highest BCUT2D eigenvalue weighted by Gasteiger charge is 2.52. The van der Waals surface area contributed by atoms with E-state index < -0.39 is 42.9 Å². The SMILES string of the molecule is CC(O)(c1ccc([C@]2(CN(C3CCC3)S(C)(=O)=O)CN(S(=O)(=O)C3=CC=CCC3=S)CCN2)cc1)C(F)(F)F. The maximum absolute atomic E-state index is 13.7. The number of allylic oxidation sites excluding steroid dienone is 4. The third-order valence-corrected chi connectivity index (χ3v) is 11.5. The summed E-state index contributed by atoms with van der Waals surface area (Å²) in [4.78, 5) is 0.277. The highest BCUT2D eigenvalue weighted by Crippen LogP contribution is 2.40. The smallest absolute Gasteiger partial charge is 0.376 e. The molecule has 1 unspecified atom stereocenters. The van der Waals surface area contributed by atoms with E-state index in [1.807, 2.05) is 0 Å². The second-order valence-corrected chi connectivity index (χ2v) is 14.8. The number of thiocarbonyl (C=S) groups is 1. The molecule has 0 amide bonds. The molecular weight excluding hydrogens is 575 g/mol. The number of alkyl halides is 3. The summed E-state index contributed by atoms with van der Waals surface area (Å²) in [5, 5.41) is 13.4. The van der Waals surface area contributed by atoms with Crippen LogP contribution in [0.3, 0.4) is 0 Å². The summed E-state index contributed by atoms with van der Waals surface area (Å²) in [6.07, 6.45) is 3.47. The van der Waals surface area contributed by atoms with Gasteiger partial charge in [-0.05, 0) is 37.0 Å². The summed E-state index contributed by atoms with van der Waals surface area (Å²) < 4.78 is 96.0. The van der Waals surface area contributed by atoms with E-state index in [4.69, 9.17) is 12.2 Å². The van der Waals surface area contributed by atoms with Gasteiger partial charge in [0.15, 0.2) is 5.60 Å². The second kappa shape index (κ2) is 10.6. The molecule has 0 spiro atoms. The van der Waals surface area contributed by atoms with Crippen molar-refractivity contribution in [3.05, 3.63) is 58.5 Å². The van der Waals surface area contributed by atoms with Gasteiger partial charge in [-0.1, -0.05) is 55.1 Å². The molecule has 0 aromatic heterocycles. The van der Waals surface area contributed by atoms with Gasteiger partial charge >= 0.3 is 6.18 Å². The van der Waals surface area contributed by atoms with E-state index in [1.165, 1.54) is 26.8 Å². The monoisotopic (exact) mass is 607 g/mol. The lowest BCUT2D eigenvalue weighted by molar-refractivity contribution is -0.258. The molecule has 39 heavy (non-hydrogen) atoms. The topological polar surface area (TPSA) is 107 Å². The Balaban J connectivity index is 1.78. The highest BCUT2D eigenvalue weighted by atomic mass is 32.2. The molecular formula is C25H32F3N3O5S3. The lowest BCUT2D eigenvalue weighted by atomic mass is 9.84. The molecule has 216 valence electrons. The molecule has 2 fully saturated rings. The summed E-state index contributed by atoms with van der Waals surface area (Å²) in [6.45, 7) is 0.617. The quantitative estimate of drug-likeness (QED) is 0.438. The van der Waals surface area contributed by atoms with Gasteiger partial charge in [0.25, 0.3) is 0 Å². The van der Waals surface area contributed by atoms with Crippen LogP contribution in [0.1, 0.15) is 43.7 Å². The molecule has 1 aromatic carbocycles. The largest absolute Gasteiger partial charge is 0.421 e. The summed E-state index contributed by atoms with van der Waals surface area (Å²) >= 11 is 5.31. The average molecular weight is 608 g/mol. The van der Waals surface area contributed by atoms with Crippen molar-refractivity contribution in [2.24, 2.45) is 0 Å². The van der Waals surface area contributed by atoms with Crippen molar-refractivity contribution in [2.45, 2.75) is 56.0 Å². The van der Waals surface area contributed by atoms with Gasteiger partial charge in [-0.3, -0.25) is 0 Å². The number of sulfonamides is 2. The summed E-state index contributed by atoms with van der Waals surface area (Å²) in [5.74, 6) is 0. The minimum atomic E-state index is -4.92. The summed E-state index contributed by atoms with van der Waals surface area (Å²) in [6, 6.07) is 4.78. The Hall–Kier alpha value is -1.68. The molecule has 4 rings (SSSR count). The third kappa shape index (κ3) is 5.88. The minimum Gasteiger partial charge on any atom is -0.376 e. The van der Waals surface area contributed by atoms with Crippen LogP contribution in [0, 0.1) is 0 Å². The Morgan fingerprint density at radius 1 is 1.18 bits per heavy atom. The van der Waals surface area contributed by atoms with Crippen molar-refractivity contribution < 1.29 is 35.1 Å². The van der Waals surface area contributed by atoms with Crippen molar-refractivity contribution in [1.29, 1.82) is 0 Å². The predicted octanol–water partition coefficient (Wildman–Crippen LogP) is 2.91. The van der Waals surface area contributed by atoms with Crippen molar-refractivity contribution in [1.82, 2.24) is 13.9 Å². The summed E-state index contributed by atoms with van der Waals surface area (Å²) in [5.41, 5.74) is -4.37. The number of nitrogens with one attached hydrogen (secondary N) is 1. The molecule has 2 aliphatic carbocycles. The molecule has 2 N–H and O–H groups in total. The van der Waals surface area contributed by atoms with E-state index >= 15 is 0 Å². The van der Waals surface area contributed by atoms with Crippen LogP contribution in [0.4, 0.5) is 13.2 Å². The Morgan fingerprint density at radius 2 is 1.82 bits per heavy atom. The van der Waals surface area contributed by atoms with Gasteiger partial charge in [0.1, 0.15) is 0 Å². The fourth-order valence-electron chi connectivity index (χ4n) is 5.08. The molecule has 14 heteroatoms. The maximum Gasteiger partial charge on any atom is 0.421 e. The highest BCUT2D eigenvalue weighted by molar-refractivity contribution is 7.96. The van der Waals surface area contributed by atoms with Crippen LogP contribution < -0.4 is 5.32 Å². The normalized spacial score (nSPS) is 25.3. The third-order valence-electron chi connectivity index (χ3n) is 7.74. The molecule has 1 saturated carbocycles. The first-order valence-corrected chi connectivity index (χ1v) is 16.2. The average Bonchev–Trinajstić information content (AvgIpc) is 2.81. The predicted molar refractivity (Wildman–Crippen MR) is 146 cm³/mol. The first kappa shape index (κ1) is 30.3. The number of hydrogen-bond acceptors (Lipinski definition) is 7. The van der Waals surface area contributed by atoms with Gasteiger partial charge < -0.3 is 10.4 Å². The van der Waals surface area contributed by atoms with Gasteiger partial charge in [-0.25, -0.2) is 16.8 Å². The number of benzene rings is 1. The van der Waals surface area contributed by atoms with Gasteiger partial charge in [0.05, 0.1) is 16.7 Å². The first-order valence-electron chi connectivity index (χ1n) is 12.5. The minimum absolute atomic E-state index is 0.00587. The van der Waals surface area contributed by atoms with Crippen LogP contribution in [0.2, 0.25) is 0 Å². The molecule has 8 nitrogen and oxygen atoms in total. The van der Waals surface area contributed by atoms with Crippen molar-refractivity contribution in [3.8, 4) is 0 Å². The summed E-state index contributed by atoms with van der Waals surface area (Å²) in [7, 11) is -7.75. The van der Waals surface area contributed by atoms with Crippen LogP contribution in [0.15, 0.2) is 47.4 Å². The number of aliphatic hydroxyl groups is 1. The molecule has 1 aromatic rings. The van der Waals surface area contributed by atoms with Crippen molar-refractivity contribution >= 4 is 37.1 Å². The molecule has 1 aliphatic heterocycles. The Morgan fingerprint density at radius 3 is 2.33 bits per heavy atom. The Labute approximate surface area is 232 Å². The number of halogens is 3. The standard InChI is InChI=1S/C25H32F3N3O5S3/c1-23(32,25(26,27)28)18-10-12-19(13-11-18)24(17-31(38(2,33)34)20-6-5-7-20)16-30(15-14-29-24)39(35,36)22-9-4-3-8-21(22)37/h3-4,9-13,20,29,32H,5-8,14-17H2,1-2H3/t23?,24-/m1/s1. The number of hydrogen-bond donors (Lipinski definition) is 2. The zero-order chi connectivity index (χ0) is 28.9. The zero-order valence-corrected chi connectivity index (χ0v) is 24.1. The van der Waals surface area contributed by atoms with Crippen LogP contribution in [-0.2, 0) is 31.2 Å². The number of nitrogens with zero attached hydrogens (tertiary/aromatic N) is 2. The maximum atomic E-state index is 13.7. The second-order valence-electron chi connectivity index (χ2n) is 10.5. The number of rotatable bonds is 8. The van der Waals surface area contributed by atoms with Crippen LogP contribution in [0.25, 0.3) is 0 Å². The molecule has 1 saturated heterocycles. The van der Waals surface area contributed by atoms with E-state index in [0.29, 0.717) is 31.7 Å². The molecule has 3 aliphatic rings. The van der Waals surface area contributed by atoms with Crippen molar-refractivity contribution in [2.75, 3.05) is 32.4 Å². The molecule has 1 heterocycles. The fourth-order valence-corrected chi connectivity index (χ4v) is 8.39. The van der Waals surface area contributed by atoms with E-state index in [-0.39, 0.29) is 42.0 Å². The molecule has 0 radical (unpaired) electrons. The fraction of sp³-hybridized carbons (Fsp3) is 0.560. The Bertz CT molecular complexity index is 1390. The van der Waals surface area contributed by atoms with E-state index in [1.54, 1.807) is 12.2 Å². The lowest BCUT2D eigenvalue weighted by Crippen LogP contribution is -2.65. The van der Waals surface area contributed by atoms with Crippen molar-refractivity contribution in [3.63, 3.8) is 0 Å². The molecule has 0 bridgehead atoms.